The Morgan fingerprint density at radius 3 is 2.48 bits per heavy atom. The van der Waals surface area contributed by atoms with Gasteiger partial charge in [0.25, 0.3) is 0 Å². The molecule has 0 spiro atoms. The number of hydrogen-bond donors (Lipinski definition) is 2. The second-order valence-corrected chi connectivity index (χ2v) is 7.32. The number of carbonyl (C=O) groups is 2. The van der Waals surface area contributed by atoms with Crippen LogP contribution in [0.5, 0.6) is 0 Å². The number of carbonyl (C=O) groups excluding carboxylic acids is 1. The van der Waals surface area contributed by atoms with Crippen LogP contribution in [0.2, 0.25) is 0 Å². The third-order valence-corrected chi connectivity index (χ3v) is 5.41. The van der Waals surface area contributed by atoms with Gasteiger partial charge in [0.15, 0.2) is 0 Å². The number of benzene rings is 2. The van der Waals surface area contributed by atoms with Crippen LogP contribution in [0.25, 0.3) is 0 Å². The number of esters is 1. The molecule has 2 aliphatic heterocycles. The Hall–Kier alpha value is -3.52. The Morgan fingerprint density at radius 1 is 1.19 bits per heavy atom. The molecule has 2 aromatic rings. The van der Waals surface area contributed by atoms with E-state index in [1.807, 2.05) is 30.3 Å². The molecule has 4 rings (SSSR count). The Bertz CT molecular complexity index is 1080. The van der Waals surface area contributed by atoms with Crippen molar-refractivity contribution in [3.05, 3.63) is 89.0 Å². The topological polar surface area (TPSA) is 84.9 Å². The van der Waals surface area contributed by atoms with Crippen LogP contribution in [0.1, 0.15) is 5.56 Å². The number of ether oxygens (including phenoxy) is 2. The molecule has 3 atom stereocenters. The molecule has 2 aromatic carbocycles. The monoisotopic (exact) mass is 427 g/mol. The molecule has 0 saturated heterocycles. The first kappa shape index (κ1) is 20.7. The molecule has 6 nitrogen and oxygen atoms in total. The summed E-state index contributed by atoms with van der Waals surface area (Å²) in [5, 5.41) is 12.7. The lowest BCUT2D eigenvalue weighted by atomic mass is 9.79. The fourth-order valence-corrected chi connectivity index (χ4v) is 4.14. The maximum absolute atomic E-state index is 13.8. The molecule has 0 amide bonds. The van der Waals surface area contributed by atoms with Gasteiger partial charge >= 0.3 is 11.9 Å². The summed E-state index contributed by atoms with van der Waals surface area (Å²) in [5.41, 5.74) is -0.870. The summed E-state index contributed by atoms with van der Waals surface area (Å²) in [6.45, 7) is 0. The molecule has 31 heavy (non-hydrogen) atoms. The molecule has 8 heteroatoms. The maximum atomic E-state index is 13.8. The molecule has 2 aliphatic rings. The molecule has 0 aromatic heterocycles. The van der Waals surface area contributed by atoms with Gasteiger partial charge in [-0.2, -0.15) is 0 Å². The first-order valence-corrected chi connectivity index (χ1v) is 9.54. The van der Waals surface area contributed by atoms with Crippen LogP contribution in [-0.2, 0) is 25.5 Å². The number of anilines is 1. The standard InChI is InChI=1S/C23H19F2NO5/c1-30-22(29)20-19(21(27)28)17-7-8-23(20,31-17)18(9-13-5-3-2-4-6-13)26-16-11-14(24)10-15(25)12-16/h2-8,10-12,17-18,26H,9H2,1H3,(H,27,28). The van der Waals surface area contributed by atoms with Crippen LogP contribution in [0.15, 0.2) is 71.8 Å². The van der Waals surface area contributed by atoms with Gasteiger partial charge in [-0.1, -0.05) is 36.4 Å². The number of carboxylic acid groups (broad SMARTS) is 1. The minimum absolute atomic E-state index is 0.126. The van der Waals surface area contributed by atoms with Gasteiger partial charge in [0, 0.05) is 11.8 Å². The highest BCUT2D eigenvalue weighted by molar-refractivity contribution is 6.04. The van der Waals surface area contributed by atoms with Crippen molar-refractivity contribution in [1.29, 1.82) is 0 Å². The average Bonchev–Trinajstić information content (AvgIpc) is 3.31. The second kappa shape index (κ2) is 7.96. The van der Waals surface area contributed by atoms with Crippen LogP contribution < -0.4 is 5.32 Å². The third-order valence-electron chi connectivity index (χ3n) is 5.41. The van der Waals surface area contributed by atoms with E-state index >= 15 is 0 Å². The van der Waals surface area contributed by atoms with E-state index in [0.29, 0.717) is 0 Å². The number of nitrogens with one attached hydrogen (secondary N) is 1. The number of fused-ring (bicyclic) bond motifs is 2. The van der Waals surface area contributed by atoms with Crippen molar-refractivity contribution in [2.45, 2.75) is 24.2 Å². The Morgan fingerprint density at radius 2 is 1.87 bits per heavy atom. The molecule has 3 unspecified atom stereocenters. The van der Waals surface area contributed by atoms with E-state index in [1.54, 1.807) is 12.2 Å². The van der Waals surface area contributed by atoms with Crippen molar-refractivity contribution in [2.24, 2.45) is 0 Å². The average molecular weight is 427 g/mol. The fourth-order valence-electron chi connectivity index (χ4n) is 4.14. The number of rotatable bonds is 7. The molecular weight excluding hydrogens is 408 g/mol. The first-order chi connectivity index (χ1) is 14.8. The zero-order valence-electron chi connectivity index (χ0n) is 16.5. The minimum Gasteiger partial charge on any atom is -0.478 e. The van der Waals surface area contributed by atoms with E-state index in [1.165, 1.54) is 0 Å². The van der Waals surface area contributed by atoms with Crippen molar-refractivity contribution >= 4 is 17.6 Å². The molecule has 2 heterocycles. The van der Waals surface area contributed by atoms with Gasteiger partial charge in [-0.05, 0) is 30.2 Å². The maximum Gasteiger partial charge on any atom is 0.337 e. The van der Waals surface area contributed by atoms with Crippen LogP contribution >= 0.6 is 0 Å². The summed E-state index contributed by atoms with van der Waals surface area (Å²) < 4.78 is 38.5. The van der Waals surface area contributed by atoms with Gasteiger partial charge in [0.2, 0.25) is 0 Å². The molecule has 2 N–H and O–H groups in total. The van der Waals surface area contributed by atoms with Crippen molar-refractivity contribution in [3.8, 4) is 0 Å². The van der Waals surface area contributed by atoms with Gasteiger partial charge in [-0.3, -0.25) is 0 Å². The lowest BCUT2D eigenvalue weighted by Gasteiger charge is -2.36. The zero-order valence-corrected chi connectivity index (χ0v) is 16.5. The molecule has 0 saturated carbocycles. The van der Waals surface area contributed by atoms with E-state index in [-0.39, 0.29) is 23.3 Å². The molecule has 0 aliphatic carbocycles. The van der Waals surface area contributed by atoms with Crippen molar-refractivity contribution in [2.75, 3.05) is 12.4 Å². The third kappa shape index (κ3) is 3.70. The summed E-state index contributed by atoms with van der Waals surface area (Å²) in [4.78, 5) is 24.5. The summed E-state index contributed by atoms with van der Waals surface area (Å²) in [6, 6.07) is 11.4. The fraction of sp³-hybridized carbons (Fsp3) is 0.217. The van der Waals surface area contributed by atoms with Gasteiger partial charge in [0.1, 0.15) is 23.3 Å². The summed E-state index contributed by atoms with van der Waals surface area (Å²) >= 11 is 0. The van der Waals surface area contributed by atoms with E-state index in [0.717, 1.165) is 30.9 Å². The first-order valence-electron chi connectivity index (χ1n) is 9.54. The number of hydrogen-bond acceptors (Lipinski definition) is 5. The van der Waals surface area contributed by atoms with Crippen molar-refractivity contribution in [3.63, 3.8) is 0 Å². The molecular formula is C23H19F2NO5. The number of halogens is 2. The number of aliphatic carboxylic acids is 1. The summed E-state index contributed by atoms with van der Waals surface area (Å²) in [6.07, 6.45) is 2.49. The highest BCUT2D eigenvalue weighted by Gasteiger charge is 2.58. The van der Waals surface area contributed by atoms with Crippen LogP contribution in [0, 0.1) is 11.6 Å². The molecule has 2 bridgehead atoms. The summed E-state index contributed by atoms with van der Waals surface area (Å²) in [7, 11) is 1.15. The van der Waals surface area contributed by atoms with Gasteiger partial charge in [0.05, 0.1) is 24.3 Å². The predicted octanol–water partition coefficient (Wildman–Crippen LogP) is 3.25. The highest BCUT2D eigenvalue weighted by Crippen LogP contribution is 2.47. The number of methoxy groups -OCH3 is 1. The van der Waals surface area contributed by atoms with Crippen LogP contribution in [0.3, 0.4) is 0 Å². The van der Waals surface area contributed by atoms with Gasteiger partial charge < -0.3 is 19.9 Å². The molecule has 0 fully saturated rings. The van der Waals surface area contributed by atoms with Gasteiger partial charge in [-0.25, -0.2) is 18.4 Å². The van der Waals surface area contributed by atoms with Crippen LogP contribution in [-0.4, -0.2) is 41.9 Å². The lowest BCUT2D eigenvalue weighted by molar-refractivity contribution is -0.139. The van der Waals surface area contributed by atoms with Gasteiger partial charge in [-0.15, -0.1) is 0 Å². The van der Waals surface area contributed by atoms with E-state index in [9.17, 15) is 23.5 Å². The zero-order chi connectivity index (χ0) is 22.2. The smallest absolute Gasteiger partial charge is 0.337 e. The van der Waals surface area contributed by atoms with E-state index in [2.05, 4.69) is 5.32 Å². The Balaban J connectivity index is 1.82. The van der Waals surface area contributed by atoms with E-state index < -0.39 is 41.3 Å². The largest absolute Gasteiger partial charge is 0.478 e. The normalized spacial score (nSPS) is 22.5. The lowest BCUT2D eigenvalue weighted by Crippen LogP contribution is -2.49. The molecule has 0 radical (unpaired) electrons. The summed E-state index contributed by atoms with van der Waals surface area (Å²) in [5.74, 6) is -3.69. The highest BCUT2D eigenvalue weighted by atomic mass is 19.1. The number of carboxylic acids is 1. The molecule has 160 valence electrons. The quantitative estimate of drug-likeness (QED) is 0.521. The van der Waals surface area contributed by atoms with Crippen LogP contribution in [0.4, 0.5) is 14.5 Å². The second-order valence-electron chi connectivity index (χ2n) is 7.32. The Labute approximate surface area is 176 Å². The minimum atomic E-state index is -1.50. The van der Waals surface area contributed by atoms with E-state index in [4.69, 9.17) is 9.47 Å². The van der Waals surface area contributed by atoms with Crippen molar-refractivity contribution in [1.82, 2.24) is 0 Å². The predicted molar refractivity (Wildman–Crippen MR) is 107 cm³/mol. The SMILES string of the molecule is COC(=O)C1=C(C(=O)O)C2C=CC1(C(Cc1ccccc1)Nc1cc(F)cc(F)c1)O2. The van der Waals surface area contributed by atoms with Crippen molar-refractivity contribution < 1.29 is 33.0 Å². The Kier molecular flexibility index (Phi) is 5.32.